The molecule has 0 spiro atoms. The van der Waals surface area contributed by atoms with Gasteiger partial charge in [0.2, 0.25) is 0 Å². The fourth-order valence-corrected chi connectivity index (χ4v) is 6.00. The quantitative estimate of drug-likeness (QED) is 0.131. The summed E-state index contributed by atoms with van der Waals surface area (Å²) in [6.07, 6.45) is 0. The number of hydrogen-bond acceptors (Lipinski definition) is 3. The lowest BCUT2D eigenvalue weighted by atomic mass is 9.76. The van der Waals surface area contributed by atoms with Gasteiger partial charge < -0.3 is 0 Å². The van der Waals surface area contributed by atoms with E-state index in [1.54, 1.807) is 0 Å². The van der Waals surface area contributed by atoms with E-state index in [0.717, 1.165) is 44.3 Å². The molecule has 1 aromatic heterocycles. The first kappa shape index (κ1) is 26.6. The normalized spacial score (nSPS) is 12.1. The van der Waals surface area contributed by atoms with Gasteiger partial charge in [-0.15, -0.1) is 5.10 Å². The zero-order chi connectivity index (χ0) is 28.1. The third-order valence-electron chi connectivity index (χ3n) is 7.53. The van der Waals surface area contributed by atoms with Crippen LogP contribution in [0.3, 0.4) is 0 Å². The first-order valence-corrected chi connectivity index (χ1v) is 14.7. The molecule has 6 aromatic rings. The molecule has 5 heteroatoms. The highest BCUT2D eigenvalue weighted by Gasteiger charge is 2.42. The van der Waals surface area contributed by atoms with Crippen molar-refractivity contribution in [3.05, 3.63) is 185 Å². The second kappa shape index (κ2) is 11.9. The van der Waals surface area contributed by atoms with Crippen molar-refractivity contribution in [1.82, 2.24) is 20.2 Å². The summed E-state index contributed by atoms with van der Waals surface area (Å²) in [5, 5.41) is 14.6. The molecule has 0 fully saturated rings. The van der Waals surface area contributed by atoms with Crippen LogP contribution < -0.4 is 0 Å². The predicted octanol–water partition coefficient (Wildman–Crippen LogP) is 8.39. The van der Waals surface area contributed by atoms with Gasteiger partial charge in [-0.1, -0.05) is 162 Å². The van der Waals surface area contributed by atoms with Gasteiger partial charge in [0, 0.05) is 10.9 Å². The lowest BCUT2D eigenvalue weighted by molar-refractivity contribution is 0.442. The Balaban J connectivity index is 1.69. The Morgan fingerprint density at radius 2 is 1.05 bits per heavy atom. The van der Waals surface area contributed by atoms with Gasteiger partial charge in [0.15, 0.2) is 5.82 Å². The molecule has 1 heterocycles. The van der Waals surface area contributed by atoms with Crippen LogP contribution in [0.1, 0.15) is 46.1 Å². The molecule has 6 rings (SSSR count). The molecule has 41 heavy (non-hydrogen) atoms. The van der Waals surface area contributed by atoms with Crippen LogP contribution in [0, 0.1) is 0 Å². The van der Waals surface area contributed by atoms with E-state index in [-0.39, 0.29) is 0 Å². The third-order valence-corrected chi connectivity index (χ3v) is 8.18. The number of allylic oxidation sites excluding steroid dienone is 1. The fraction of sp³-hybridized carbons (Fsp3) is 0.0833. The van der Waals surface area contributed by atoms with Gasteiger partial charge in [0.05, 0.1) is 0 Å². The lowest BCUT2D eigenvalue weighted by Crippen LogP contribution is -2.39. The van der Waals surface area contributed by atoms with E-state index in [0.29, 0.717) is 5.82 Å². The monoisotopic (exact) mass is 596 g/mol. The van der Waals surface area contributed by atoms with Crippen LogP contribution in [0.25, 0.3) is 11.1 Å². The third kappa shape index (κ3) is 4.94. The highest BCUT2D eigenvalue weighted by Crippen LogP contribution is 2.42. The predicted molar refractivity (Wildman–Crippen MR) is 170 cm³/mol. The van der Waals surface area contributed by atoms with Crippen LogP contribution in [0.4, 0.5) is 0 Å². The number of aromatic nitrogens is 4. The minimum absolute atomic E-state index is 0.699. The molecule has 0 N–H and O–H groups in total. The van der Waals surface area contributed by atoms with Crippen molar-refractivity contribution < 1.29 is 0 Å². The largest absolute Gasteiger partial charge is 0.206 e. The van der Waals surface area contributed by atoms with Crippen molar-refractivity contribution in [2.45, 2.75) is 17.8 Å². The number of rotatable bonds is 8. The highest BCUT2D eigenvalue weighted by atomic mass is 79.9. The molecule has 0 saturated carbocycles. The minimum Gasteiger partial charge on any atom is -0.206 e. The zero-order valence-corrected chi connectivity index (χ0v) is 24.3. The highest BCUT2D eigenvalue weighted by molar-refractivity contribution is 9.08. The SMILES string of the molecule is C/C(=C(/c1ccccc1)c1ccc(CBr)cc1)c1nnnn1C(c1ccccc1)(c1ccccc1)c1ccccc1. The molecule has 0 amide bonds. The van der Waals surface area contributed by atoms with Crippen LogP contribution in [0.15, 0.2) is 146 Å². The van der Waals surface area contributed by atoms with E-state index in [1.165, 1.54) is 5.56 Å². The number of benzene rings is 5. The Labute approximate surface area is 249 Å². The smallest absolute Gasteiger partial charge is 0.179 e. The Morgan fingerprint density at radius 3 is 1.51 bits per heavy atom. The van der Waals surface area contributed by atoms with E-state index in [2.05, 4.69) is 149 Å². The minimum atomic E-state index is -0.814. The van der Waals surface area contributed by atoms with Crippen molar-refractivity contribution in [3.63, 3.8) is 0 Å². The van der Waals surface area contributed by atoms with Crippen molar-refractivity contribution >= 4 is 27.1 Å². The molecule has 0 aliphatic carbocycles. The number of tetrazole rings is 1. The molecule has 5 aromatic carbocycles. The average Bonchev–Trinajstić information content (AvgIpc) is 3.54. The van der Waals surface area contributed by atoms with E-state index < -0.39 is 5.54 Å². The van der Waals surface area contributed by atoms with Crippen LogP contribution in [0.5, 0.6) is 0 Å². The van der Waals surface area contributed by atoms with Crippen molar-refractivity contribution in [1.29, 1.82) is 0 Å². The fourth-order valence-electron chi connectivity index (χ4n) is 5.63. The molecule has 0 aliphatic rings. The summed E-state index contributed by atoms with van der Waals surface area (Å²) >= 11 is 3.58. The molecule has 4 nitrogen and oxygen atoms in total. The molecule has 200 valence electrons. The van der Waals surface area contributed by atoms with E-state index >= 15 is 0 Å². The molecule has 0 unspecified atom stereocenters. The molecular weight excluding hydrogens is 568 g/mol. The van der Waals surface area contributed by atoms with Crippen molar-refractivity contribution in [2.24, 2.45) is 0 Å². The summed E-state index contributed by atoms with van der Waals surface area (Å²) in [5.41, 5.74) is 7.91. The van der Waals surface area contributed by atoms with Crippen LogP contribution in [-0.2, 0) is 10.9 Å². The Kier molecular flexibility index (Phi) is 7.70. The summed E-state index contributed by atoms with van der Waals surface area (Å²) in [5.74, 6) is 0.699. The van der Waals surface area contributed by atoms with E-state index in [9.17, 15) is 0 Å². The summed E-state index contributed by atoms with van der Waals surface area (Å²) in [6.45, 7) is 2.12. The number of halogens is 1. The first-order chi connectivity index (χ1) is 20.2. The maximum atomic E-state index is 4.75. The standard InChI is InChI=1S/C36H29BrN4/c1-27(34(29-14-6-2-7-15-29)30-24-22-28(26-37)23-25-30)35-38-39-40-41(35)36(31-16-8-3-9-17-31,32-18-10-4-11-19-32)33-20-12-5-13-21-33/h2-25H,26H2,1H3/b34-27+. The van der Waals surface area contributed by atoms with Gasteiger partial charge >= 0.3 is 0 Å². The van der Waals surface area contributed by atoms with Crippen molar-refractivity contribution in [3.8, 4) is 0 Å². The number of hydrogen-bond donors (Lipinski definition) is 0. The van der Waals surface area contributed by atoms with Gasteiger partial charge in [-0.25, -0.2) is 4.68 Å². The summed E-state index contributed by atoms with van der Waals surface area (Å²) in [6, 6.07) is 50.6. The Hall–Kier alpha value is -4.61. The van der Waals surface area contributed by atoms with Gasteiger partial charge in [-0.3, -0.25) is 0 Å². The van der Waals surface area contributed by atoms with E-state index in [1.807, 2.05) is 28.9 Å². The molecule has 0 bridgehead atoms. The lowest BCUT2D eigenvalue weighted by Gasteiger charge is -2.36. The second-order valence-electron chi connectivity index (χ2n) is 9.92. The summed E-state index contributed by atoms with van der Waals surface area (Å²) < 4.78 is 2.00. The molecule has 0 atom stereocenters. The van der Waals surface area contributed by atoms with Gasteiger partial charge in [0.1, 0.15) is 5.54 Å². The summed E-state index contributed by atoms with van der Waals surface area (Å²) in [4.78, 5) is 0. The average molecular weight is 598 g/mol. The number of alkyl halides is 1. The summed E-state index contributed by atoms with van der Waals surface area (Å²) in [7, 11) is 0. The maximum absolute atomic E-state index is 4.75. The molecular formula is C36H29BrN4. The number of nitrogens with zero attached hydrogens (tertiary/aromatic N) is 4. The Morgan fingerprint density at radius 1 is 0.610 bits per heavy atom. The van der Waals surface area contributed by atoms with Crippen LogP contribution >= 0.6 is 15.9 Å². The molecule has 0 radical (unpaired) electrons. The zero-order valence-electron chi connectivity index (χ0n) is 22.7. The van der Waals surface area contributed by atoms with Crippen LogP contribution in [0.2, 0.25) is 0 Å². The molecule has 0 saturated heterocycles. The first-order valence-electron chi connectivity index (χ1n) is 13.6. The van der Waals surface area contributed by atoms with E-state index in [4.69, 9.17) is 10.3 Å². The maximum Gasteiger partial charge on any atom is 0.179 e. The van der Waals surface area contributed by atoms with Crippen LogP contribution in [-0.4, -0.2) is 20.2 Å². The topological polar surface area (TPSA) is 43.6 Å². The molecule has 0 aliphatic heterocycles. The van der Waals surface area contributed by atoms with Crippen molar-refractivity contribution in [2.75, 3.05) is 0 Å². The van der Waals surface area contributed by atoms with Gasteiger partial charge in [-0.05, 0) is 56.3 Å². The van der Waals surface area contributed by atoms with Gasteiger partial charge in [-0.2, -0.15) is 0 Å². The Bertz CT molecular complexity index is 1650. The second-order valence-corrected chi connectivity index (χ2v) is 10.5. The van der Waals surface area contributed by atoms with Gasteiger partial charge in [0.25, 0.3) is 0 Å².